The second kappa shape index (κ2) is 7.24. The molecule has 6 heteroatoms. The summed E-state index contributed by atoms with van der Waals surface area (Å²) in [5, 5.41) is 4.27. The number of carbonyl (C=O) groups is 1. The van der Waals surface area contributed by atoms with Gasteiger partial charge in [-0.2, -0.15) is 5.10 Å². The highest BCUT2D eigenvalue weighted by Crippen LogP contribution is 2.22. The Hall–Kier alpha value is -2.11. The highest BCUT2D eigenvalue weighted by Gasteiger charge is 2.28. The van der Waals surface area contributed by atoms with E-state index >= 15 is 0 Å². The molecule has 1 fully saturated rings. The minimum absolute atomic E-state index is 0.0729. The first-order valence-corrected chi connectivity index (χ1v) is 7.75. The number of piperidine rings is 1. The van der Waals surface area contributed by atoms with Crippen LogP contribution in [0.5, 0.6) is 0 Å². The fourth-order valence-corrected chi connectivity index (χ4v) is 2.80. The normalized spacial score (nSPS) is 15.6. The number of anilines is 1. The number of carbonyl (C=O) groups excluding carboxylic acids is 1. The van der Waals surface area contributed by atoms with Gasteiger partial charge in [0.1, 0.15) is 5.82 Å². The van der Waals surface area contributed by atoms with Crippen molar-refractivity contribution in [2.24, 2.45) is 13.0 Å². The largest absolute Gasteiger partial charge is 0.355 e. The minimum Gasteiger partial charge on any atom is -0.355 e. The van der Waals surface area contributed by atoms with Gasteiger partial charge in [0.05, 0.1) is 0 Å². The third-order valence-electron chi connectivity index (χ3n) is 4.16. The van der Waals surface area contributed by atoms with Crippen molar-refractivity contribution in [1.29, 1.82) is 0 Å². The summed E-state index contributed by atoms with van der Waals surface area (Å²) < 4.78 is 1.34. The summed E-state index contributed by atoms with van der Waals surface area (Å²) >= 11 is 0. The molecule has 120 valence electrons. The number of nitrogens with zero attached hydrogens (tertiary/aromatic N) is 4. The summed E-state index contributed by atoms with van der Waals surface area (Å²) in [5.41, 5.74) is -0.114. The molecule has 0 unspecified atom stereocenters. The van der Waals surface area contributed by atoms with Crippen molar-refractivity contribution in [2.75, 3.05) is 31.1 Å². The van der Waals surface area contributed by atoms with Crippen molar-refractivity contribution >= 4 is 11.7 Å². The quantitative estimate of drug-likeness (QED) is 0.763. The van der Waals surface area contributed by atoms with Gasteiger partial charge in [-0.3, -0.25) is 9.59 Å². The maximum Gasteiger partial charge on any atom is 0.266 e. The fraction of sp³-hybridized carbons (Fsp3) is 0.562. The molecule has 2 heterocycles. The second-order valence-electron chi connectivity index (χ2n) is 5.58. The predicted octanol–water partition coefficient (Wildman–Crippen LogP) is 1.03. The van der Waals surface area contributed by atoms with Crippen LogP contribution in [0.25, 0.3) is 0 Å². The molecule has 0 atom stereocenters. The summed E-state index contributed by atoms with van der Waals surface area (Å²) in [6.07, 6.45) is 3.40. The number of likely N-dealkylation sites (N-methyl/N-ethyl adjacent to an activating group) is 1. The first kappa shape index (κ1) is 16.3. The molecule has 6 nitrogen and oxygen atoms in total. The Kier molecular flexibility index (Phi) is 5.35. The van der Waals surface area contributed by atoms with Crippen LogP contribution in [0.3, 0.4) is 0 Å². The van der Waals surface area contributed by atoms with Crippen molar-refractivity contribution < 1.29 is 4.79 Å². The van der Waals surface area contributed by atoms with Gasteiger partial charge in [0, 0.05) is 45.2 Å². The van der Waals surface area contributed by atoms with E-state index in [-0.39, 0.29) is 17.4 Å². The number of aromatic nitrogens is 2. The Balaban J connectivity index is 1.97. The van der Waals surface area contributed by atoms with Crippen molar-refractivity contribution in [1.82, 2.24) is 14.7 Å². The lowest BCUT2D eigenvalue weighted by Gasteiger charge is -2.34. The summed E-state index contributed by atoms with van der Waals surface area (Å²) in [6, 6.07) is 3.28. The molecule has 0 N–H and O–H groups in total. The zero-order chi connectivity index (χ0) is 16.1. The van der Waals surface area contributed by atoms with Gasteiger partial charge in [0.15, 0.2) is 0 Å². The molecule has 2 rings (SSSR count). The van der Waals surface area contributed by atoms with Crippen molar-refractivity contribution in [3.05, 3.63) is 35.1 Å². The molecule has 1 aliphatic heterocycles. The van der Waals surface area contributed by atoms with E-state index in [4.69, 9.17) is 0 Å². The highest BCUT2D eigenvalue weighted by molar-refractivity contribution is 5.79. The first-order valence-electron chi connectivity index (χ1n) is 7.75. The SMILES string of the molecule is C=CCN(CC)C(=O)C1CCN(c2ccc(=O)n(C)n2)CC1. The van der Waals surface area contributed by atoms with Gasteiger partial charge >= 0.3 is 0 Å². The lowest BCUT2D eigenvalue weighted by molar-refractivity contribution is -0.135. The number of hydrogen-bond donors (Lipinski definition) is 0. The van der Waals surface area contributed by atoms with Crippen LogP contribution in [0.15, 0.2) is 29.6 Å². The Labute approximate surface area is 131 Å². The number of rotatable bonds is 5. The van der Waals surface area contributed by atoms with Crippen LogP contribution in [0.2, 0.25) is 0 Å². The molecule has 0 spiro atoms. The Morgan fingerprint density at radius 1 is 1.45 bits per heavy atom. The summed E-state index contributed by atoms with van der Waals surface area (Å²) in [6.45, 7) is 8.59. The Bertz CT molecular complexity index is 588. The monoisotopic (exact) mass is 304 g/mol. The average Bonchev–Trinajstić information content (AvgIpc) is 2.54. The van der Waals surface area contributed by atoms with Crippen molar-refractivity contribution in [2.45, 2.75) is 19.8 Å². The van der Waals surface area contributed by atoms with Crippen LogP contribution < -0.4 is 10.5 Å². The van der Waals surface area contributed by atoms with E-state index in [0.717, 1.165) is 31.7 Å². The standard InChI is InChI=1S/C16H24N4O2/c1-4-10-19(5-2)16(22)13-8-11-20(12-9-13)14-6-7-15(21)18(3)17-14/h4,6-7,13H,1,5,8-12H2,2-3H3. The zero-order valence-electron chi connectivity index (χ0n) is 13.4. The molecule has 0 bridgehead atoms. The van der Waals surface area contributed by atoms with Gasteiger partial charge in [-0.05, 0) is 25.8 Å². The van der Waals surface area contributed by atoms with E-state index in [2.05, 4.69) is 16.6 Å². The molecule has 0 radical (unpaired) electrons. The molecule has 1 aromatic rings. The van der Waals surface area contributed by atoms with E-state index in [1.54, 1.807) is 19.2 Å². The molecule has 1 aliphatic rings. The minimum atomic E-state index is -0.114. The Morgan fingerprint density at radius 3 is 2.68 bits per heavy atom. The van der Waals surface area contributed by atoms with E-state index < -0.39 is 0 Å². The number of aryl methyl sites for hydroxylation is 1. The molecular formula is C16H24N4O2. The average molecular weight is 304 g/mol. The Morgan fingerprint density at radius 2 is 2.14 bits per heavy atom. The lowest BCUT2D eigenvalue weighted by Crippen LogP contribution is -2.43. The van der Waals surface area contributed by atoms with E-state index in [1.807, 2.05) is 11.8 Å². The van der Waals surface area contributed by atoms with Gasteiger partial charge < -0.3 is 9.80 Å². The first-order chi connectivity index (χ1) is 10.6. The maximum absolute atomic E-state index is 12.5. The highest BCUT2D eigenvalue weighted by atomic mass is 16.2. The fourth-order valence-electron chi connectivity index (χ4n) is 2.80. The van der Waals surface area contributed by atoms with Crippen LogP contribution in [0.4, 0.5) is 5.82 Å². The maximum atomic E-state index is 12.5. The summed E-state index contributed by atoms with van der Waals surface area (Å²) in [7, 11) is 1.65. The van der Waals surface area contributed by atoms with Crippen LogP contribution in [0.1, 0.15) is 19.8 Å². The molecule has 22 heavy (non-hydrogen) atoms. The van der Waals surface area contributed by atoms with Gasteiger partial charge in [-0.15, -0.1) is 6.58 Å². The smallest absolute Gasteiger partial charge is 0.266 e. The molecule has 1 amide bonds. The molecule has 0 saturated carbocycles. The van der Waals surface area contributed by atoms with Crippen LogP contribution >= 0.6 is 0 Å². The van der Waals surface area contributed by atoms with E-state index in [1.165, 1.54) is 10.7 Å². The molecule has 1 aromatic heterocycles. The molecule has 0 aliphatic carbocycles. The molecule has 0 aromatic carbocycles. The van der Waals surface area contributed by atoms with E-state index in [0.29, 0.717) is 13.1 Å². The van der Waals surface area contributed by atoms with Crippen LogP contribution in [0, 0.1) is 5.92 Å². The van der Waals surface area contributed by atoms with Gasteiger partial charge in [-0.25, -0.2) is 4.68 Å². The van der Waals surface area contributed by atoms with Crippen LogP contribution in [-0.4, -0.2) is 46.8 Å². The van der Waals surface area contributed by atoms with Gasteiger partial charge in [-0.1, -0.05) is 6.08 Å². The third-order valence-corrected chi connectivity index (χ3v) is 4.16. The third kappa shape index (κ3) is 3.55. The van der Waals surface area contributed by atoms with Crippen LogP contribution in [-0.2, 0) is 11.8 Å². The van der Waals surface area contributed by atoms with Gasteiger partial charge in [0.2, 0.25) is 5.91 Å². The van der Waals surface area contributed by atoms with Crippen molar-refractivity contribution in [3.63, 3.8) is 0 Å². The molecule has 1 saturated heterocycles. The lowest BCUT2D eigenvalue weighted by atomic mass is 9.95. The number of hydrogen-bond acceptors (Lipinski definition) is 4. The van der Waals surface area contributed by atoms with Gasteiger partial charge in [0.25, 0.3) is 5.56 Å². The number of amides is 1. The topological polar surface area (TPSA) is 58.4 Å². The van der Waals surface area contributed by atoms with E-state index in [9.17, 15) is 9.59 Å². The van der Waals surface area contributed by atoms with Crippen molar-refractivity contribution in [3.8, 4) is 0 Å². The zero-order valence-corrected chi connectivity index (χ0v) is 13.4. The molecular weight excluding hydrogens is 280 g/mol. The second-order valence-corrected chi connectivity index (χ2v) is 5.58. The predicted molar refractivity (Wildman–Crippen MR) is 86.9 cm³/mol. The summed E-state index contributed by atoms with van der Waals surface area (Å²) in [4.78, 5) is 27.8. The summed E-state index contributed by atoms with van der Waals surface area (Å²) in [5.74, 6) is 1.09.